The van der Waals surface area contributed by atoms with Crippen LogP contribution in [0.15, 0.2) is 93.9 Å². The first-order valence-electron chi connectivity index (χ1n) is 12.6. The molecule has 0 aliphatic heterocycles. The Morgan fingerprint density at radius 2 is 1.85 bits per heavy atom. The van der Waals surface area contributed by atoms with Crippen LogP contribution in [0.25, 0.3) is 0 Å². The molecule has 1 fully saturated rings. The Labute approximate surface area is 201 Å². The molecular weight excluding hydrogens is 400 g/mol. The Hall–Kier alpha value is -2.48. The van der Waals surface area contributed by atoms with Crippen LogP contribution in [-0.2, 0) is 0 Å². The zero-order valence-corrected chi connectivity index (χ0v) is 21.1. The number of allylic oxidation sites excluding steroid dienone is 10. The lowest BCUT2D eigenvalue weighted by Gasteiger charge is -2.51. The zero-order valence-electron chi connectivity index (χ0n) is 21.1. The zero-order chi connectivity index (χ0) is 24.1. The van der Waals surface area contributed by atoms with Crippen LogP contribution in [0.5, 0.6) is 0 Å². The first-order chi connectivity index (χ1) is 15.5. The lowest BCUT2D eigenvalue weighted by atomic mass is 9.53. The number of nitrogens with two attached hydrogens (primary N) is 2. The van der Waals surface area contributed by atoms with Crippen LogP contribution in [-0.4, -0.2) is 0 Å². The first kappa shape index (κ1) is 23.7. The smallest absolute Gasteiger partial charge is 0.0316 e. The molecular formula is C31H42N2. The minimum atomic E-state index is 0.155. The van der Waals surface area contributed by atoms with E-state index in [1.807, 2.05) is 0 Å². The summed E-state index contributed by atoms with van der Waals surface area (Å²) in [5.41, 5.74) is 26.2. The Balaban J connectivity index is 1.64. The standard InChI is InChI=1S/C31H42N2/c1-18(24-10-8-9-11-24)12-13-27(33)26-14-15-31(7)17-25-16-19(2)28(23(6)32)21(4)29(25)22(5)30(31)20(26)3/h10,25,29H,1,3-4,6,8-9,11-17,32-33H2,2,5,7H3/b27-26-. The van der Waals surface area contributed by atoms with Crippen molar-refractivity contribution in [1.82, 2.24) is 0 Å². The summed E-state index contributed by atoms with van der Waals surface area (Å²) >= 11 is 0. The molecule has 0 bridgehead atoms. The summed E-state index contributed by atoms with van der Waals surface area (Å²) in [5, 5.41) is 0. The van der Waals surface area contributed by atoms with Crippen molar-refractivity contribution >= 4 is 0 Å². The summed E-state index contributed by atoms with van der Waals surface area (Å²) in [7, 11) is 0. The van der Waals surface area contributed by atoms with Gasteiger partial charge in [-0.25, -0.2) is 0 Å². The number of fused-ring (bicyclic) bond motifs is 2. The van der Waals surface area contributed by atoms with Gasteiger partial charge in [-0.1, -0.05) is 56.0 Å². The van der Waals surface area contributed by atoms with Crippen molar-refractivity contribution in [3.05, 3.63) is 93.9 Å². The van der Waals surface area contributed by atoms with E-state index < -0.39 is 0 Å². The van der Waals surface area contributed by atoms with Crippen molar-refractivity contribution in [2.24, 2.45) is 28.7 Å². The first-order valence-corrected chi connectivity index (χ1v) is 12.6. The van der Waals surface area contributed by atoms with Gasteiger partial charge in [0.2, 0.25) is 0 Å². The molecule has 1 saturated carbocycles. The van der Waals surface area contributed by atoms with Gasteiger partial charge in [-0.2, -0.15) is 0 Å². The summed E-state index contributed by atoms with van der Waals surface area (Å²) in [6, 6.07) is 0. The Kier molecular flexibility index (Phi) is 6.24. The molecule has 0 spiro atoms. The molecule has 0 saturated heterocycles. The Bertz CT molecular complexity index is 1070. The van der Waals surface area contributed by atoms with Gasteiger partial charge in [0, 0.05) is 17.3 Å². The fraction of sp³-hybridized carbons (Fsp3) is 0.484. The molecule has 0 aromatic carbocycles. The highest BCUT2D eigenvalue weighted by Crippen LogP contribution is 2.60. The van der Waals surface area contributed by atoms with E-state index in [-0.39, 0.29) is 5.41 Å². The largest absolute Gasteiger partial charge is 0.402 e. The average molecular weight is 443 g/mol. The van der Waals surface area contributed by atoms with Gasteiger partial charge < -0.3 is 11.5 Å². The number of hydrogen-bond acceptors (Lipinski definition) is 2. The van der Waals surface area contributed by atoms with E-state index >= 15 is 0 Å². The highest BCUT2D eigenvalue weighted by Gasteiger charge is 2.48. The molecule has 4 aliphatic rings. The van der Waals surface area contributed by atoms with Gasteiger partial charge in [0.1, 0.15) is 0 Å². The normalized spacial score (nSPS) is 31.3. The summed E-state index contributed by atoms with van der Waals surface area (Å²) in [5.74, 6) is 0.895. The molecule has 0 radical (unpaired) electrons. The Morgan fingerprint density at radius 1 is 1.12 bits per heavy atom. The summed E-state index contributed by atoms with van der Waals surface area (Å²) in [6.45, 7) is 24.4. The van der Waals surface area contributed by atoms with Gasteiger partial charge in [-0.05, 0) is 116 Å². The molecule has 0 aromatic heterocycles. The summed E-state index contributed by atoms with van der Waals surface area (Å²) < 4.78 is 0. The number of hydrogen-bond donors (Lipinski definition) is 2. The third kappa shape index (κ3) is 4.03. The molecule has 2 nitrogen and oxygen atoms in total. The lowest BCUT2D eigenvalue weighted by Crippen LogP contribution is -2.40. The second-order valence-electron chi connectivity index (χ2n) is 11.2. The van der Waals surface area contributed by atoms with Crippen molar-refractivity contribution in [3.63, 3.8) is 0 Å². The highest BCUT2D eigenvalue weighted by atomic mass is 14.6. The fourth-order valence-corrected chi connectivity index (χ4v) is 7.40. The molecule has 2 heteroatoms. The SMILES string of the molecule is C=C(N)C1=C(C)CC2CC3(C)CC/C(=C(/N)CCC(=C)C4=CCCC4)C(=C)C3=C(C)C2C1=C. The van der Waals surface area contributed by atoms with E-state index in [1.165, 1.54) is 59.1 Å². The summed E-state index contributed by atoms with van der Waals surface area (Å²) in [6.07, 6.45) is 12.2. The van der Waals surface area contributed by atoms with E-state index in [2.05, 4.69) is 53.2 Å². The van der Waals surface area contributed by atoms with Crippen LogP contribution in [0.3, 0.4) is 0 Å². The van der Waals surface area contributed by atoms with Crippen molar-refractivity contribution in [3.8, 4) is 0 Å². The number of rotatable bonds is 5. The van der Waals surface area contributed by atoms with Crippen LogP contribution < -0.4 is 11.5 Å². The van der Waals surface area contributed by atoms with Gasteiger partial charge in [-0.15, -0.1) is 0 Å². The maximum Gasteiger partial charge on any atom is 0.0316 e. The second kappa shape index (κ2) is 8.70. The Morgan fingerprint density at radius 3 is 2.48 bits per heavy atom. The molecule has 4 rings (SSSR count). The second-order valence-corrected chi connectivity index (χ2v) is 11.2. The van der Waals surface area contributed by atoms with E-state index in [0.717, 1.165) is 54.5 Å². The minimum Gasteiger partial charge on any atom is -0.402 e. The van der Waals surface area contributed by atoms with Gasteiger partial charge in [0.05, 0.1) is 0 Å². The predicted octanol–water partition coefficient (Wildman–Crippen LogP) is 7.70. The minimum absolute atomic E-state index is 0.155. The molecule has 3 unspecified atom stereocenters. The maximum atomic E-state index is 6.72. The van der Waals surface area contributed by atoms with E-state index in [1.54, 1.807) is 0 Å². The van der Waals surface area contributed by atoms with Gasteiger partial charge in [-0.3, -0.25) is 0 Å². The van der Waals surface area contributed by atoms with Crippen molar-refractivity contribution in [2.45, 2.75) is 78.6 Å². The molecule has 4 N–H and O–H groups in total. The van der Waals surface area contributed by atoms with E-state index in [9.17, 15) is 0 Å². The maximum absolute atomic E-state index is 6.72. The molecule has 3 atom stereocenters. The average Bonchev–Trinajstić information content (AvgIpc) is 3.25. The van der Waals surface area contributed by atoms with Crippen LogP contribution in [0.2, 0.25) is 0 Å². The van der Waals surface area contributed by atoms with Crippen LogP contribution in [0.1, 0.15) is 78.6 Å². The fourth-order valence-electron chi connectivity index (χ4n) is 7.40. The predicted molar refractivity (Wildman–Crippen MR) is 142 cm³/mol. The van der Waals surface area contributed by atoms with Gasteiger partial charge in [0.25, 0.3) is 0 Å². The molecule has 0 amide bonds. The monoisotopic (exact) mass is 442 g/mol. The van der Waals surface area contributed by atoms with Crippen LogP contribution in [0.4, 0.5) is 0 Å². The van der Waals surface area contributed by atoms with Crippen molar-refractivity contribution < 1.29 is 0 Å². The van der Waals surface area contributed by atoms with Gasteiger partial charge in [0.15, 0.2) is 0 Å². The molecule has 33 heavy (non-hydrogen) atoms. The molecule has 0 heterocycles. The van der Waals surface area contributed by atoms with E-state index in [0.29, 0.717) is 17.5 Å². The van der Waals surface area contributed by atoms with Crippen molar-refractivity contribution in [1.29, 1.82) is 0 Å². The van der Waals surface area contributed by atoms with Crippen molar-refractivity contribution in [2.75, 3.05) is 0 Å². The van der Waals surface area contributed by atoms with Crippen LogP contribution >= 0.6 is 0 Å². The summed E-state index contributed by atoms with van der Waals surface area (Å²) in [4.78, 5) is 0. The molecule has 4 aliphatic carbocycles. The van der Waals surface area contributed by atoms with Gasteiger partial charge >= 0.3 is 0 Å². The van der Waals surface area contributed by atoms with Crippen LogP contribution in [0, 0.1) is 17.3 Å². The molecule has 0 aromatic rings. The van der Waals surface area contributed by atoms with E-state index in [4.69, 9.17) is 11.5 Å². The lowest BCUT2D eigenvalue weighted by molar-refractivity contribution is 0.202. The quantitative estimate of drug-likeness (QED) is 0.458. The topological polar surface area (TPSA) is 52.0 Å². The molecule has 176 valence electrons. The third-order valence-corrected chi connectivity index (χ3v) is 8.83. The highest BCUT2D eigenvalue weighted by molar-refractivity contribution is 5.60. The third-order valence-electron chi connectivity index (χ3n) is 8.83.